The molecule has 2 heterocycles. The smallest absolute Gasteiger partial charge is 0.348 e. The molecule has 6 heteroatoms. The lowest BCUT2D eigenvalue weighted by Gasteiger charge is -2.11. The Balaban J connectivity index is 1.92. The quantitative estimate of drug-likeness (QED) is 0.942. The Morgan fingerprint density at radius 1 is 1.29 bits per heavy atom. The molecular weight excluding hydrogens is 291 g/mol. The van der Waals surface area contributed by atoms with E-state index >= 15 is 0 Å². The third kappa shape index (κ3) is 3.11. The predicted molar refractivity (Wildman–Crippen MR) is 79.0 cm³/mol. The molecule has 1 aliphatic rings. The van der Waals surface area contributed by atoms with E-state index in [1.165, 1.54) is 36.3 Å². The number of nitrogens with zero attached hydrogens (tertiary/aromatic N) is 2. The van der Waals surface area contributed by atoms with Crippen LogP contribution in [0.4, 0.5) is 4.39 Å². The molecule has 1 fully saturated rings. The Hall–Kier alpha value is -1.79. The van der Waals surface area contributed by atoms with Gasteiger partial charge in [-0.05, 0) is 50.2 Å². The van der Waals surface area contributed by atoms with Gasteiger partial charge >= 0.3 is 5.97 Å². The zero-order valence-corrected chi connectivity index (χ0v) is 12.2. The fraction of sp³-hybridized carbons (Fsp3) is 0.333. The second-order valence-electron chi connectivity index (χ2n) is 5.08. The lowest BCUT2D eigenvalue weighted by atomic mass is 10.1. The minimum absolute atomic E-state index is 0.218. The first kappa shape index (κ1) is 14.2. The van der Waals surface area contributed by atoms with Gasteiger partial charge in [-0.3, -0.25) is 4.90 Å². The van der Waals surface area contributed by atoms with Crippen molar-refractivity contribution in [2.45, 2.75) is 19.4 Å². The molecule has 0 spiro atoms. The van der Waals surface area contributed by atoms with Crippen molar-refractivity contribution in [3.63, 3.8) is 0 Å². The molecule has 0 radical (unpaired) electrons. The largest absolute Gasteiger partial charge is 0.477 e. The maximum Gasteiger partial charge on any atom is 0.348 e. The van der Waals surface area contributed by atoms with Gasteiger partial charge in [0.15, 0.2) is 0 Å². The number of carbonyl (C=O) groups is 1. The normalized spacial score (nSPS) is 15.5. The highest BCUT2D eigenvalue weighted by molar-refractivity contribution is 7.14. The van der Waals surface area contributed by atoms with Crippen LogP contribution in [0, 0.1) is 5.82 Å². The molecule has 1 aromatic heterocycles. The van der Waals surface area contributed by atoms with Crippen LogP contribution in [0.2, 0.25) is 0 Å². The number of aromatic carboxylic acids is 1. The number of likely N-dealkylation sites (tertiary alicyclic amines) is 1. The van der Waals surface area contributed by atoms with Crippen LogP contribution in [0.1, 0.15) is 27.5 Å². The maximum atomic E-state index is 13.0. The fourth-order valence-corrected chi connectivity index (χ4v) is 3.48. The molecule has 1 saturated heterocycles. The standard InChI is InChI=1S/C15H15FN2O2S/c16-11-5-3-10(4-6-11)13-14(15(19)20)21-12(17-13)9-18-7-1-2-8-18/h3-6H,1-2,7-9H2,(H,19,20). The van der Waals surface area contributed by atoms with Gasteiger partial charge in [-0.1, -0.05) is 0 Å². The minimum Gasteiger partial charge on any atom is -0.477 e. The number of hydrogen-bond donors (Lipinski definition) is 1. The van der Waals surface area contributed by atoms with Crippen LogP contribution in [0.25, 0.3) is 11.3 Å². The number of halogens is 1. The summed E-state index contributed by atoms with van der Waals surface area (Å²) in [7, 11) is 0. The molecule has 21 heavy (non-hydrogen) atoms. The predicted octanol–water partition coefficient (Wildman–Crippen LogP) is 3.24. The lowest BCUT2D eigenvalue weighted by Crippen LogP contribution is -2.18. The lowest BCUT2D eigenvalue weighted by molar-refractivity contribution is 0.0702. The summed E-state index contributed by atoms with van der Waals surface area (Å²) in [6, 6.07) is 5.77. The Morgan fingerprint density at radius 3 is 2.57 bits per heavy atom. The van der Waals surface area contributed by atoms with Crippen molar-refractivity contribution >= 4 is 17.3 Å². The average molecular weight is 306 g/mol. The third-order valence-corrected chi connectivity index (χ3v) is 4.57. The van der Waals surface area contributed by atoms with E-state index < -0.39 is 5.97 Å². The number of aromatic nitrogens is 1. The fourth-order valence-electron chi connectivity index (χ4n) is 2.51. The van der Waals surface area contributed by atoms with Gasteiger partial charge in [0.1, 0.15) is 15.7 Å². The number of benzene rings is 1. The van der Waals surface area contributed by atoms with Gasteiger partial charge in [0.2, 0.25) is 0 Å². The van der Waals surface area contributed by atoms with Crippen LogP contribution in [0.3, 0.4) is 0 Å². The summed E-state index contributed by atoms with van der Waals surface area (Å²) < 4.78 is 13.0. The molecule has 0 bridgehead atoms. The van der Waals surface area contributed by atoms with Crippen molar-refractivity contribution < 1.29 is 14.3 Å². The van der Waals surface area contributed by atoms with E-state index in [1.807, 2.05) is 0 Å². The minimum atomic E-state index is -0.987. The summed E-state index contributed by atoms with van der Waals surface area (Å²) in [6.45, 7) is 2.76. The zero-order chi connectivity index (χ0) is 14.8. The monoisotopic (exact) mass is 306 g/mol. The SMILES string of the molecule is O=C(O)c1sc(CN2CCCC2)nc1-c1ccc(F)cc1. The van der Waals surface area contributed by atoms with Crippen molar-refractivity contribution in [2.75, 3.05) is 13.1 Å². The van der Waals surface area contributed by atoms with Gasteiger partial charge in [-0.25, -0.2) is 14.2 Å². The first-order chi connectivity index (χ1) is 10.1. The summed E-state index contributed by atoms with van der Waals surface area (Å²) in [5.41, 5.74) is 1.07. The van der Waals surface area contributed by atoms with Crippen LogP contribution in [0.5, 0.6) is 0 Å². The Morgan fingerprint density at radius 2 is 1.95 bits per heavy atom. The molecule has 1 N–H and O–H groups in total. The summed E-state index contributed by atoms with van der Waals surface area (Å²) in [4.78, 5) is 18.4. The van der Waals surface area contributed by atoms with E-state index in [1.54, 1.807) is 12.1 Å². The molecule has 4 nitrogen and oxygen atoms in total. The number of carboxylic acids is 1. The topological polar surface area (TPSA) is 53.4 Å². The highest BCUT2D eigenvalue weighted by atomic mass is 32.1. The second-order valence-corrected chi connectivity index (χ2v) is 6.16. The second kappa shape index (κ2) is 5.91. The van der Waals surface area contributed by atoms with E-state index in [4.69, 9.17) is 0 Å². The molecule has 0 unspecified atom stereocenters. The molecule has 110 valence electrons. The highest BCUT2D eigenvalue weighted by Gasteiger charge is 2.21. The highest BCUT2D eigenvalue weighted by Crippen LogP contribution is 2.29. The molecule has 2 aromatic rings. The van der Waals surface area contributed by atoms with Crippen LogP contribution in [-0.2, 0) is 6.54 Å². The number of thiazole rings is 1. The summed E-state index contributed by atoms with van der Waals surface area (Å²) in [5, 5.41) is 10.1. The van der Waals surface area contributed by atoms with E-state index in [2.05, 4.69) is 9.88 Å². The molecular formula is C15H15FN2O2S. The van der Waals surface area contributed by atoms with Crippen molar-refractivity contribution in [3.05, 3.63) is 40.0 Å². The van der Waals surface area contributed by atoms with Gasteiger partial charge < -0.3 is 5.11 Å². The molecule has 0 amide bonds. The first-order valence-corrected chi connectivity index (χ1v) is 7.66. The molecule has 0 atom stereocenters. The van der Waals surface area contributed by atoms with Crippen molar-refractivity contribution in [2.24, 2.45) is 0 Å². The van der Waals surface area contributed by atoms with Crippen molar-refractivity contribution in [1.82, 2.24) is 9.88 Å². The van der Waals surface area contributed by atoms with Gasteiger partial charge in [-0.2, -0.15) is 0 Å². The van der Waals surface area contributed by atoms with E-state index in [-0.39, 0.29) is 10.7 Å². The Kier molecular flexibility index (Phi) is 3.98. The summed E-state index contributed by atoms with van der Waals surface area (Å²) in [6.07, 6.45) is 2.37. The van der Waals surface area contributed by atoms with Gasteiger partial charge in [-0.15, -0.1) is 11.3 Å². The van der Waals surface area contributed by atoms with Crippen LogP contribution in [0.15, 0.2) is 24.3 Å². The maximum absolute atomic E-state index is 13.0. The number of rotatable bonds is 4. The third-order valence-electron chi connectivity index (χ3n) is 3.54. The first-order valence-electron chi connectivity index (χ1n) is 6.85. The molecule has 1 aliphatic heterocycles. The van der Waals surface area contributed by atoms with Crippen LogP contribution in [-0.4, -0.2) is 34.0 Å². The summed E-state index contributed by atoms with van der Waals surface area (Å²) in [5.74, 6) is -1.33. The molecule has 0 aliphatic carbocycles. The number of carboxylic acid groups (broad SMARTS) is 1. The summed E-state index contributed by atoms with van der Waals surface area (Å²) >= 11 is 1.21. The Labute approximate surface area is 125 Å². The van der Waals surface area contributed by atoms with Gasteiger partial charge in [0.25, 0.3) is 0 Å². The molecule has 1 aromatic carbocycles. The molecule has 0 saturated carbocycles. The van der Waals surface area contributed by atoms with E-state index in [0.717, 1.165) is 18.1 Å². The van der Waals surface area contributed by atoms with Crippen LogP contribution < -0.4 is 0 Å². The zero-order valence-electron chi connectivity index (χ0n) is 11.4. The van der Waals surface area contributed by atoms with Crippen LogP contribution >= 0.6 is 11.3 Å². The van der Waals surface area contributed by atoms with E-state index in [9.17, 15) is 14.3 Å². The van der Waals surface area contributed by atoms with Gasteiger partial charge in [0, 0.05) is 5.56 Å². The van der Waals surface area contributed by atoms with Gasteiger partial charge in [0.05, 0.1) is 12.2 Å². The van der Waals surface area contributed by atoms with Crippen molar-refractivity contribution in [1.29, 1.82) is 0 Å². The molecule has 3 rings (SSSR count). The Bertz CT molecular complexity index is 648. The number of hydrogen-bond acceptors (Lipinski definition) is 4. The van der Waals surface area contributed by atoms with E-state index in [0.29, 0.717) is 17.8 Å². The average Bonchev–Trinajstić information content (AvgIpc) is 3.10. The van der Waals surface area contributed by atoms with Crippen molar-refractivity contribution in [3.8, 4) is 11.3 Å².